The first-order chi connectivity index (χ1) is 10.7. The van der Waals surface area contributed by atoms with Crippen LogP contribution in [-0.2, 0) is 0 Å². The fourth-order valence-electron chi connectivity index (χ4n) is 2.13. The van der Waals surface area contributed by atoms with Crippen molar-refractivity contribution in [2.75, 3.05) is 11.4 Å². The molecule has 2 heterocycles. The fraction of sp³-hybridized carbons (Fsp3) is 0.133. The van der Waals surface area contributed by atoms with Crippen LogP contribution in [-0.4, -0.2) is 26.5 Å². The molecule has 1 aromatic carbocycles. The summed E-state index contributed by atoms with van der Waals surface area (Å²) in [4.78, 5) is 17.9. The SMILES string of the molecule is CCN(c1ncc(-c2ncc[nH]2)cn1)c1ccc(Cl)cc1Cl. The monoisotopic (exact) mass is 333 g/mol. The Morgan fingerprint density at radius 2 is 1.91 bits per heavy atom. The average molecular weight is 334 g/mol. The molecule has 0 radical (unpaired) electrons. The number of halogens is 2. The first-order valence-electron chi connectivity index (χ1n) is 6.73. The molecule has 0 saturated carbocycles. The van der Waals surface area contributed by atoms with Crippen molar-refractivity contribution in [2.45, 2.75) is 6.92 Å². The largest absolute Gasteiger partial charge is 0.345 e. The smallest absolute Gasteiger partial charge is 0.229 e. The lowest BCUT2D eigenvalue weighted by molar-refractivity contribution is 0.946. The van der Waals surface area contributed by atoms with Gasteiger partial charge in [0, 0.05) is 36.4 Å². The van der Waals surface area contributed by atoms with Gasteiger partial charge in [0.1, 0.15) is 5.82 Å². The topological polar surface area (TPSA) is 57.7 Å². The van der Waals surface area contributed by atoms with Gasteiger partial charge in [0.25, 0.3) is 0 Å². The second-order valence-corrected chi connectivity index (χ2v) is 5.39. The van der Waals surface area contributed by atoms with E-state index in [1.54, 1.807) is 36.9 Å². The summed E-state index contributed by atoms with van der Waals surface area (Å²) >= 11 is 12.2. The quantitative estimate of drug-likeness (QED) is 0.771. The molecule has 0 fully saturated rings. The Morgan fingerprint density at radius 3 is 2.50 bits per heavy atom. The number of anilines is 2. The first kappa shape index (κ1) is 14.8. The molecule has 0 saturated heterocycles. The molecular weight excluding hydrogens is 321 g/mol. The number of nitrogens with one attached hydrogen (secondary N) is 1. The van der Waals surface area contributed by atoms with Crippen LogP contribution in [0.2, 0.25) is 10.0 Å². The summed E-state index contributed by atoms with van der Waals surface area (Å²) < 4.78 is 0. The minimum Gasteiger partial charge on any atom is -0.345 e. The van der Waals surface area contributed by atoms with Gasteiger partial charge in [0.15, 0.2) is 0 Å². The van der Waals surface area contributed by atoms with Crippen LogP contribution in [0, 0.1) is 0 Å². The lowest BCUT2D eigenvalue weighted by atomic mass is 10.3. The van der Waals surface area contributed by atoms with E-state index in [1.165, 1.54) is 0 Å². The van der Waals surface area contributed by atoms with Crippen LogP contribution in [0.15, 0.2) is 43.0 Å². The Labute approximate surface area is 138 Å². The molecule has 2 aromatic heterocycles. The molecule has 0 aliphatic heterocycles. The number of aromatic amines is 1. The molecule has 7 heteroatoms. The minimum atomic E-state index is 0.563. The molecule has 5 nitrogen and oxygen atoms in total. The van der Waals surface area contributed by atoms with Crippen LogP contribution in [0.25, 0.3) is 11.4 Å². The summed E-state index contributed by atoms with van der Waals surface area (Å²) in [7, 11) is 0. The van der Waals surface area contributed by atoms with Gasteiger partial charge in [-0.15, -0.1) is 0 Å². The van der Waals surface area contributed by atoms with Gasteiger partial charge in [0.05, 0.1) is 16.3 Å². The molecule has 0 atom stereocenters. The van der Waals surface area contributed by atoms with Crippen molar-refractivity contribution < 1.29 is 0 Å². The molecule has 112 valence electrons. The predicted molar refractivity (Wildman–Crippen MR) is 88.8 cm³/mol. The first-order valence-corrected chi connectivity index (χ1v) is 7.49. The third kappa shape index (κ3) is 2.91. The van der Waals surface area contributed by atoms with Gasteiger partial charge >= 0.3 is 0 Å². The van der Waals surface area contributed by atoms with Gasteiger partial charge in [0.2, 0.25) is 5.95 Å². The molecule has 0 spiro atoms. The number of nitrogens with zero attached hydrogens (tertiary/aromatic N) is 4. The van der Waals surface area contributed by atoms with Crippen molar-refractivity contribution in [3.05, 3.63) is 53.0 Å². The molecule has 3 rings (SSSR count). The van der Waals surface area contributed by atoms with E-state index in [0.717, 1.165) is 17.1 Å². The third-order valence-electron chi connectivity index (χ3n) is 3.17. The van der Waals surface area contributed by atoms with Crippen LogP contribution in [0.4, 0.5) is 11.6 Å². The number of H-pyrrole nitrogens is 1. The van der Waals surface area contributed by atoms with Gasteiger partial charge in [-0.1, -0.05) is 23.2 Å². The van der Waals surface area contributed by atoms with Crippen LogP contribution in [0.3, 0.4) is 0 Å². The lowest BCUT2D eigenvalue weighted by Crippen LogP contribution is -2.19. The Bertz CT molecular complexity index is 756. The summed E-state index contributed by atoms with van der Waals surface area (Å²) in [5, 5.41) is 1.16. The van der Waals surface area contributed by atoms with Crippen molar-refractivity contribution in [3.63, 3.8) is 0 Å². The zero-order chi connectivity index (χ0) is 15.5. The number of benzene rings is 1. The molecule has 22 heavy (non-hydrogen) atoms. The number of aromatic nitrogens is 4. The van der Waals surface area contributed by atoms with E-state index in [-0.39, 0.29) is 0 Å². The zero-order valence-corrected chi connectivity index (χ0v) is 13.3. The third-order valence-corrected chi connectivity index (χ3v) is 3.71. The maximum absolute atomic E-state index is 6.27. The predicted octanol–water partition coefficient (Wildman–Crippen LogP) is 4.33. The van der Waals surface area contributed by atoms with Gasteiger partial charge in [-0.2, -0.15) is 0 Å². The van der Waals surface area contributed by atoms with E-state index in [1.807, 2.05) is 17.9 Å². The van der Waals surface area contributed by atoms with Crippen molar-refractivity contribution in [1.82, 2.24) is 19.9 Å². The fourth-order valence-corrected chi connectivity index (χ4v) is 2.64. The Kier molecular flexibility index (Phi) is 4.27. The van der Waals surface area contributed by atoms with Gasteiger partial charge in [-0.05, 0) is 25.1 Å². The molecule has 0 bridgehead atoms. The summed E-state index contributed by atoms with van der Waals surface area (Å²) in [5.74, 6) is 1.31. The highest BCUT2D eigenvalue weighted by molar-refractivity contribution is 6.36. The van der Waals surface area contributed by atoms with Crippen molar-refractivity contribution in [3.8, 4) is 11.4 Å². The second kappa shape index (κ2) is 6.34. The molecule has 3 aromatic rings. The van der Waals surface area contributed by atoms with Gasteiger partial charge in [-0.3, -0.25) is 0 Å². The molecule has 0 aliphatic carbocycles. The van der Waals surface area contributed by atoms with E-state index in [4.69, 9.17) is 23.2 Å². The Balaban J connectivity index is 1.94. The molecule has 0 amide bonds. The normalized spacial score (nSPS) is 10.7. The number of imidazole rings is 1. The van der Waals surface area contributed by atoms with Crippen LogP contribution in [0.1, 0.15) is 6.92 Å². The second-order valence-electron chi connectivity index (χ2n) is 4.55. The summed E-state index contributed by atoms with van der Waals surface area (Å²) in [6.45, 7) is 2.69. The maximum atomic E-state index is 6.27. The highest BCUT2D eigenvalue weighted by Crippen LogP contribution is 2.32. The maximum Gasteiger partial charge on any atom is 0.229 e. The molecular formula is C15H13Cl2N5. The Hall–Kier alpha value is -2.11. The lowest BCUT2D eigenvalue weighted by Gasteiger charge is -2.22. The highest BCUT2D eigenvalue weighted by atomic mass is 35.5. The van der Waals surface area contributed by atoms with Crippen molar-refractivity contribution >= 4 is 34.8 Å². The molecule has 1 N–H and O–H groups in total. The Morgan fingerprint density at radius 1 is 1.14 bits per heavy atom. The van der Waals surface area contributed by atoms with Crippen LogP contribution >= 0.6 is 23.2 Å². The van der Waals surface area contributed by atoms with Crippen molar-refractivity contribution in [2.24, 2.45) is 0 Å². The summed E-state index contributed by atoms with van der Waals surface area (Å²) in [5.41, 5.74) is 1.64. The summed E-state index contributed by atoms with van der Waals surface area (Å²) in [6.07, 6.45) is 6.91. The summed E-state index contributed by atoms with van der Waals surface area (Å²) in [6, 6.07) is 5.36. The standard InChI is InChI=1S/C15H13Cl2N5/c1-2-22(13-4-3-11(16)7-12(13)17)15-20-8-10(9-21-15)14-18-5-6-19-14/h3-9H,2H2,1H3,(H,18,19). The minimum absolute atomic E-state index is 0.563. The van der Waals surface area contributed by atoms with E-state index in [9.17, 15) is 0 Å². The zero-order valence-electron chi connectivity index (χ0n) is 11.8. The number of rotatable bonds is 4. The average Bonchev–Trinajstić information content (AvgIpc) is 3.05. The van der Waals surface area contributed by atoms with Crippen LogP contribution in [0.5, 0.6) is 0 Å². The van der Waals surface area contributed by atoms with E-state index < -0.39 is 0 Å². The highest BCUT2D eigenvalue weighted by Gasteiger charge is 2.14. The van der Waals surface area contributed by atoms with Gasteiger partial charge < -0.3 is 9.88 Å². The number of hydrogen-bond donors (Lipinski definition) is 1. The van der Waals surface area contributed by atoms with Crippen molar-refractivity contribution in [1.29, 1.82) is 0 Å². The van der Waals surface area contributed by atoms with E-state index in [0.29, 0.717) is 22.5 Å². The van der Waals surface area contributed by atoms with E-state index in [2.05, 4.69) is 19.9 Å². The molecule has 0 unspecified atom stereocenters. The van der Waals surface area contributed by atoms with Crippen LogP contribution < -0.4 is 4.90 Å². The van der Waals surface area contributed by atoms with Gasteiger partial charge in [-0.25, -0.2) is 15.0 Å². The number of hydrogen-bond acceptors (Lipinski definition) is 4. The molecule has 0 aliphatic rings. The van der Waals surface area contributed by atoms with E-state index >= 15 is 0 Å².